The van der Waals surface area contributed by atoms with Gasteiger partial charge in [0.2, 0.25) is 0 Å². The first-order chi connectivity index (χ1) is 12.0. The molecule has 1 N–H and O–H groups in total. The van der Waals surface area contributed by atoms with Crippen molar-refractivity contribution in [2.45, 2.75) is 13.0 Å². The number of halogens is 2. The summed E-state index contributed by atoms with van der Waals surface area (Å²) in [6.45, 7) is 1.47. The zero-order valence-corrected chi connectivity index (χ0v) is 14.7. The third kappa shape index (κ3) is 3.81. The zero-order chi connectivity index (χ0) is 18.0. The number of ether oxygens (including phenoxy) is 1. The van der Waals surface area contributed by atoms with E-state index in [-0.39, 0.29) is 9.90 Å². The smallest absolute Gasteiger partial charge is 0.350 e. The van der Waals surface area contributed by atoms with Crippen molar-refractivity contribution in [2.75, 3.05) is 5.32 Å². The van der Waals surface area contributed by atoms with E-state index in [1.54, 1.807) is 24.3 Å². The Balaban J connectivity index is 1.73. The molecule has 2 aromatic carbocycles. The Bertz CT molecular complexity index is 942. The molecule has 1 aromatic heterocycles. The molecule has 0 saturated carbocycles. The Labute approximate surface area is 152 Å². The minimum Gasteiger partial charge on any atom is -0.448 e. The quantitative estimate of drug-likeness (QED) is 0.659. The first kappa shape index (κ1) is 17.4. The number of para-hydroxylation sites is 1. The number of amides is 1. The van der Waals surface area contributed by atoms with Crippen molar-refractivity contribution >= 4 is 50.6 Å². The van der Waals surface area contributed by atoms with Crippen molar-refractivity contribution in [3.05, 3.63) is 64.2 Å². The molecule has 25 heavy (non-hydrogen) atoms. The molecular weight excluding hydrogens is 365 g/mol. The van der Waals surface area contributed by atoms with Crippen LogP contribution in [0.5, 0.6) is 0 Å². The second-order valence-corrected chi connectivity index (χ2v) is 6.72. The molecule has 1 atom stereocenters. The normalized spacial score (nSPS) is 12.0. The summed E-state index contributed by atoms with van der Waals surface area (Å²) in [5, 5.41) is 3.42. The van der Waals surface area contributed by atoms with E-state index < -0.39 is 23.8 Å². The molecule has 0 unspecified atom stereocenters. The molecule has 7 heteroatoms. The number of hydrogen-bond acceptors (Lipinski definition) is 4. The van der Waals surface area contributed by atoms with E-state index in [1.165, 1.54) is 25.1 Å². The summed E-state index contributed by atoms with van der Waals surface area (Å²) in [5.41, 5.74) is 0.603. The van der Waals surface area contributed by atoms with Gasteiger partial charge in [-0.25, -0.2) is 9.18 Å². The summed E-state index contributed by atoms with van der Waals surface area (Å²) in [5.74, 6) is -1.59. The summed E-state index contributed by atoms with van der Waals surface area (Å²) >= 11 is 7.21. The molecular formula is C18H13ClFNO3S. The maximum Gasteiger partial charge on any atom is 0.350 e. The predicted octanol–water partition coefficient (Wildman–Crippen LogP) is 4.88. The maximum absolute atomic E-state index is 13.3. The number of nitrogens with one attached hydrogen (secondary N) is 1. The molecule has 0 aliphatic rings. The van der Waals surface area contributed by atoms with Gasteiger partial charge in [0.25, 0.3) is 5.91 Å². The lowest BCUT2D eigenvalue weighted by Crippen LogP contribution is -2.29. The number of benzene rings is 2. The minimum atomic E-state index is -1.01. The topological polar surface area (TPSA) is 55.4 Å². The van der Waals surface area contributed by atoms with Crippen LogP contribution < -0.4 is 5.32 Å². The molecule has 128 valence electrons. The highest BCUT2D eigenvalue weighted by atomic mass is 35.5. The van der Waals surface area contributed by atoms with Crippen LogP contribution >= 0.6 is 22.9 Å². The number of rotatable bonds is 4. The van der Waals surface area contributed by atoms with Crippen molar-refractivity contribution in [1.82, 2.24) is 0 Å². The van der Waals surface area contributed by atoms with Crippen LogP contribution in [0.15, 0.2) is 48.5 Å². The van der Waals surface area contributed by atoms with Gasteiger partial charge in [-0.05, 0) is 37.3 Å². The largest absolute Gasteiger partial charge is 0.448 e. The fourth-order valence-corrected chi connectivity index (χ4v) is 3.62. The van der Waals surface area contributed by atoms with Gasteiger partial charge in [0.15, 0.2) is 6.10 Å². The van der Waals surface area contributed by atoms with Crippen LogP contribution in [0.3, 0.4) is 0 Å². The van der Waals surface area contributed by atoms with Gasteiger partial charge in [0.1, 0.15) is 10.7 Å². The first-order valence-electron chi connectivity index (χ1n) is 7.40. The third-order valence-corrected chi connectivity index (χ3v) is 5.11. The van der Waals surface area contributed by atoms with Gasteiger partial charge in [0, 0.05) is 15.8 Å². The average Bonchev–Trinajstić information content (AvgIpc) is 2.91. The number of carbonyl (C=O) groups is 2. The van der Waals surface area contributed by atoms with Crippen LogP contribution in [-0.2, 0) is 9.53 Å². The predicted molar refractivity (Wildman–Crippen MR) is 96.7 cm³/mol. The second kappa shape index (κ2) is 7.21. The highest BCUT2D eigenvalue weighted by Gasteiger charge is 2.23. The Hall–Kier alpha value is -2.44. The summed E-state index contributed by atoms with van der Waals surface area (Å²) in [6, 6.07) is 12.9. The lowest BCUT2D eigenvalue weighted by Gasteiger charge is -2.13. The molecule has 0 aliphatic heterocycles. The number of fused-ring (bicyclic) bond motifs is 1. The van der Waals surface area contributed by atoms with Crippen LogP contribution in [0.1, 0.15) is 16.6 Å². The zero-order valence-electron chi connectivity index (χ0n) is 13.1. The van der Waals surface area contributed by atoms with E-state index in [1.807, 2.05) is 6.07 Å². The highest BCUT2D eigenvalue weighted by molar-refractivity contribution is 7.21. The second-order valence-electron chi connectivity index (χ2n) is 5.29. The molecule has 1 heterocycles. The van der Waals surface area contributed by atoms with Crippen molar-refractivity contribution in [3.8, 4) is 0 Å². The molecule has 1 amide bonds. The summed E-state index contributed by atoms with van der Waals surface area (Å²) in [7, 11) is 0. The van der Waals surface area contributed by atoms with Gasteiger partial charge in [-0.15, -0.1) is 11.3 Å². The molecule has 0 bridgehead atoms. The molecule has 4 nitrogen and oxygen atoms in total. The Morgan fingerprint density at radius 1 is 1.20 bits per heavy atom. The Morgan fingerprint density at radius 2 is 1.92 bits per heavy atom. The van der Waals surface area contributed by atoms with Gasteiger partial charge in [0.05, 0.1) is 5.02 Å². The van der Waals surface area contributed by atoms with Gasteiger partial charge in [-0.3, -0.25) is 4.79 Å². The molecule has 0 aliphatic carbocycles. The van der Waals surface area contributed by atoms with E-state index >= 15 is 0 Å². The summed E-state index contributed by atoms with van der Waals surface area (Å²) in [4.78, 5) is 24.6. The molecule has 0 saturated heterocycles. The van der Waals surface area contributed by atoms with Crippen LogP contribution in [0.2, 0.25) is 5.02 Å². The van der Waals surface area contributed by atoms with Crippen LogP contribution in [0.4, 0.5) is 10.1 Å². The molecule has 0 radical (unpaired) electrons. The van der Waals surface area contributed by atoms with Crippen molar-refractivity contribution in [3.63, 3.8) is 0 Å². The Morgan fingerprint density at radius 3 is 2.64 bits per heavy atom. The third-order valence-electron chi connectivity index (χ3n) is 3.47. The first-order valence-corrected chi connectivity index (χ1v) is 8.59. The lowest BCUT2D eigenvalue weighted by atomic mass is 10.2. The van der Waals surface area contributed by atoms with Gasteiger partial charge < -0.3 is 10.1 Å². The number of esters is 1. The molecule has 0 spiro atoms. The monoisotopic (exact) mass is 377 g/mol. The highest BCUT2D eigenvalue weighted by Crippen LogP contribution is 2.36. The van der Waals surface area contributed by atoms with Crippen LogP contribution in [0, 0.1) is 5.82 Å². The number of hydrogen-bond donors (Lipinski definition) is 1. The number of carbonyl (C=O) groups excluding carboxylic acids is 2. The van der Waals surface area contributed by atoms with E-state index in [2.05, 4.69) is 5.32 Å². The van der Waals surface area contributed by atoms with E-state index in [0.29, 0.717) is 15.8 Å². The van der Waals surface area contributed by atoms with Crippen molar-refractivity contribution in [2.24, 2.45) is 0 Å². The Kier molecular flexibility index (Phi) is 5.01. The van der Waals surface area contributed by atoms with E-state index in [0.717, 1.165) is 11.3 Å². The standard InChI is InChI=1S/C18H13ClFNO3S/c1-10(17(22)21-12-5-3-2-4-6-12)24-18(23)16-15(19)13-8-7-11(20)9-14(13)25-16/h2-10H,1H3,(H,21,22)/t10-/m1/s1. The van der Waals surface area contributed by atoms with E-state index in [4.69, 9.17) is 16.3 Å². The van der Waals surface area contributed by atoms with Crippen molar-refractivity contribution in [1.29, 1.82) is 0 Å². The van der Waals surface area contributed by atoms with Crippen molar-refractivity contribution < 1.29 is 18.7 Å². The SMILES string of the molecule is C[C@@H](OC(=O)c1sc2cc(F)ccc2c1Cl)C(=O)Nc1ccccc1. The van der Waals surface area contributed by atoms with Crippen LogP contribution in [0.25, 0.3) is 10.1 Å². The molecule has 3 rings (SSSR count). The fourth-order valence-electron chi connectivity index (χ4n) is 2.20. The van der Waals surface area contributed by atoms with Gasteiger partial charge >= 0.3 is 5.97 Å². The van der Waals surface area contributed by atoms with Gasteiger partial charge in [-0.2, -0.15) is 0 Å². The number of anilines is 1. The summed E-state index contributed by atoms with van der Waals surface area (Å²) < 4.78 is 19.0. The number of thiophene rings is 1. The van der Waals surface area contributed by atoms with E-state index in [9.17, 15) is 14.0 Å². The fraction of sp³-hybridized carbons (Fsp3) is 0.111. The van der Waals surface area contributed by atoms with Crippen LogP contribution in [-0.4, -0.2) is 18.0 Å². The van der Waals surface area contributed by atoms with Gasteiger partial charge in [-0.1, -0.05) is 29.8 Å². The summed E-state index contributed by atoms with van der Waals surface area (Å²) in [6.07, 6.45) is -1.01. The maximum atomic E-state index is 13.3. The molecule has 3 aromatic rings. The minimum absolute atomic E-state index is 0.140. The lowest BCUT2D eigenvalue weighted by molar-refractivity contribution is -0.123. The average molecular weight is 378 g/mol. The molecule has 0 fully saturated rings.